The van der Waals surface area contributed by atoms with E-state index in [9.17, 15) is 15.0 Å². The summed E-state index contributed by atoms with van der Waals surface area (Å²) in [5.41, 5.74) is 0.156. The highest BCUT2D eigenvalue weighted by molar-refractivity contribution is 7.10. The number of β-amino-alcohol motifs (C(OH)–C–C–N with tert-alkyl or cyclic N) is 2. The van der Waals surface area contributed by atoms with Gasteiger partial charge in [0, 0.05) is 30.7 Å². The van der Waals surface area contributed by atoms with Crippen molar-refractivity contribution in [1.29, 1.82) is 0 Å². The van der Waals surface area contributed by atoms with E-state index in [0.29, 0.717) is 25.3 Å². The Hall–Kier alpha value is -1.80. The van der Waals surface area contributed by atoms with Crippen LogP contribution in [0.15, 0.2) is 35.8 Å². The molecule has 3 N–H and O–H groups in total. The van der Waals surface area contributed by atoms with Crippen LogP contribution in [0, 0.1) is 6.92 Å². The lowest BCUT2D eigenvalue weighted by Gasteiger charge is -2.26. The molecule has 1 aliphatic rings. The predicted octanol–water partition coefficient (Wildman–Crippen LogP) is 0.789. The van der Waals surface area contributed by atoms with E-state index in [-0.39, 0.29) is 12.5 Å². The fourth-order valence-corrected chi connectivity index (χ4v) is 3.80. The summed E-state index contributed by atoms with van der Waals surface area (Å²) in [4.78, 5) is 19.3. The Kier molecular flexibility index (Phi) is 4.96. The van der Waals surface area contributed by atoms with Gasteiger partial charge in [0.05, 0.1) is 12.6 Å². The number of nitrogens with one attached hydrogen (secondary N) is 1. The summed E-state index contributed by atoms with van der Waals surface area (Å²) in [6.45, 7) is 3.43. The van der Waals surface area contributed by atoms with E-state index in [2.05, 4.69) is 23.3 Å². The van der Waals surface area contributed by atoms with Gasteiger partial charge >= 0.3 is 0 Å². The molecule has 2 aromatic heterocycles. The van der Waals surface area contributed by atoms with Gasteiger partial charge < -0.3 is 15.5 Å². The number of pyridine rings is 1. The van der Waals surface area contributed by atoms with Crippen LogP contribution in [0.5, 0.6) is 0 Å². The van der Waals surface area contributed by atoms with Crippen molar-refractivity contribution in [2.75, 3.05) is 19.6 Å². The van der Waals surface area contributed by atoms with Gasteiger partial charge in [0.2, 0.25) is 0 Å². The van der Waals surface area contributed by atoms with Crippen molar-refractivity contribution >= 4 is 17.2 Å². The average molecular weight is 347 g/mol. The van der Waals surface area contributed by atoms with Gasteiger partial charge in [-0.25, -0.2) is 0 Å². The van der Waals surface area contributed by atoms with Gasteiger partial charge in [-0.2, -0.15) is 0 Å². The number of amides is 1. The van der Waals surface area contributed by atoms with Crippen LogP contribution in [-0.4, -0.2) is 57.3 Å². The second-order valence-electron chi connectivity index (χ2n) is 6.21. The lowest BCUT2D eigenvalue weighted by atomic mass is 10.0. The topological polar surface area (TPSA) is 85.7 Å². The number of nitrogens with zero attached hydrogens (tertiary/aromatic N) is 2. The molecule has 1 amide bonds. The van der Waals surface area contributed by atoms with Crippen LogP contribution in [0.25, 0.3) is 0 Å². The predicted molar refractivity (Wildman–Crippen MR) is 91.9 cm³/mol. The number of rotatable bonds is 5. The molecule has 3 rings (SSSR count). The first-order valence-corrected chi connectivity index (χ1v) is 8.71. The second kappa shape index (κ2) is 6.98. The fraction of sp³-hybridized carbons (Fsp3) is 0.412. The summed E-state index contributed by atoms with van der Waals surface area (Å²) in [5, 5.41) is 25.7. The molecule has 0 aromatic carbocycles. The van der Waals surface area contributed by atoms with Crippen molar-refractivity contribution in [3.63, 3.8) is 0 Å². The highest BCUT2D eigenvalue weighted by Gasteiger charge is 2.44. The summed E-state index contributed by atoms with van der Waals surface area (Å²) >= 11 is 1.67. The maximum Gasteiger partial charge on any atom is 0.269 e. The third kappa shape index (κ3) is 3.64. The van der Waals surface area contributed by atoms with Crippen molar-refractivity contribution in [3.05, 3.63) is 52.0 Å². The number of hydrogen-bond donors (Lipinski definition) is 3. The number of likely N-dealkylation sites (tertiary alicyclic amines) is 1. The van der Waals surface area contributed by atoms with Crippen molar-refractivity contribution in [2.24, 2.45) is 0 Å². The van der Waals surface area contributed by atoms with Crippen molar-refractivity contribution in [3.8, 4) is 0 Å². The number of carbonyl (C=O) groups excluding carboxylic acids is 1. The molecular weight excluding hydrogens is 326 g/mol. The Balaban J connectivity index is 1.59. The van der Waals surface area contributed by atoms with E-state index in [1.54, 1.807) is 35.7 Å². The number of carbonyl (C=O) groups is 1. The molecular formula is C17H21N3O3S. The molecule has 6 nitrogen and oxygen atoms in total. The Bertz CT molecular complexity index is 706. The van der Waals surface area contributed by atoms with Gasteiger partial charge in [0.15, 0.2) is 0 Å². The van der Waals surface area contributed by atoms with Crippen LogP contribution in [0.3, 0.4) is 0 Å². The molecule has 0 bridgehead atoms. The normalized spacial score (nSPS) is 24.2. The Labute approximate surface area is 144 Å². The molecule has 0 unspecified atom stereocenters. The smallest absolute Gasteiger partial charge is 0.269 e. The van der Waals surface area contributed by atoms with E-state index in [0.717, 1.165) is 0 Å². The van der Waals surface area contributed by atoms with E-state index < -0.39 is 11.7 Å². The second-order valence-corrected chi connectivity index (χ2v) is 7.21. The van der Waals surface area contributed by atoms with Gasteiger partial charge in [-0.3, -0.25) is 14.7 Å². The van der Waals surface area contributed by atoms with E-state index >= 15 is 0 Å². The minimum absolute atomic E-state index is 0.0104. The third-order valence-corrected chi connectivity index (χ3v) is 5.34. The monoisotopic (exact) mass is 347 g/mol. The summed E-state index contributed by atoms with van der Waals surface area (Å²) in [6.07, 6.45) is 0.640. The molecule has 128 valence electrons. The molecule has 1 aliphatic heterocycles. The molecule has 0 radical (unpaired) electrons. The number of aromatic nitrogens is 1. The van der Waals surface area contributed by atoms with Crippen LogP contribution in [-0.2, 0) is 6.54 Å². The van der Waals surface area contributed by atoms with Crippen molar-refractivity contribution < 1.29 is 15.0 Å². The summed E-state index contributed by atoms with van der Waals surface area (Å²) in [7, 11) is 0. The highest BCUT2D eigenvalue weighted by Crippen LogP contribution is 2.26. The zero-order valence-corrected chi connectivity index (χ0v) is 14.3. The first kappa shape index (κ1) is 17.0. The maximum atomic E-state index is 12.1. The van der Waals surface area contributed by atoms with Crippen LogP contribution < -0.4 is 5.32 Å². The third-order valence-electron chi connectivity index (χ3n) is 4.34. The molecule has 1 saturated heterocycles. The fourth-order valence-electron chi connectivity index (χ4n) is 2.86. The van der Waals surface area contributed by atoms with Gasteiger partial charge in [-0.1, -0.05) is 6.07 Å². The largest absolute Gasteiger partial charge is 0.389 e. The molecule has 0 saturated carbocycles. The van der Waals surface area contributed by atoms with E-state index in [1.807, 2.05) is 10.3 Å². The quantitative estimate of drug-likeness (QED) is 0.745. The molecule has 7 heteroatoms. The first-order valence-electron chi connectivity index (χ1n) is 7.83. The molecule has 3 heterocycles. The van der Waals surface area contributed by atoms with E-state index in [1.165, 1.54) is 10.4 Å². The van der Waals surface area contributed by atoms with Gasteiger partial charge in [0.1, 0.15) is 11.3 Å². The number of aliphatic hydroxyl groups is 2. The Morgan fingerprint density at radius 2 is 2.33 bits per heavy atom. The lowest BCUT2D eigenvalue weighted by molar-refractivity contribution is -0.0377. The first-order chi connectivity index (χ1) is 11.5. The van der Waals surface area contributed by atoms with Crippen LogP contribution in [0.1, 0.15) is 20.9 Å². The minimum Gasteiger partial charge on any atom is -0.389 e. The molecule has 1 fully saturated rings. The van der Waals surface area contributed by atoms with Crippen LogP contribution >= 0.6 is 11.3 Å². The lowest BCUT2D eigenvalue weighted by Crippen LogP contribution is -2.51. The Morgan fingerprint density at radius 3 is 3.00 bits per heavy atom. The van der Waals surface area contributed by atoms with Crippen LogP contribution in [0.4, 0.5) is 0 Å². The van der Waals surface area contributed by atoms with Gasteiger partial charge in [0.25, 0.3) is 5.91 Å². The van der Waals surface area contributed by atoms with Crippen molar-refractivity contribution in [1.82, 2.24) is 15.2 Å². The minimum atomic E-state index is -1.35. The molecule has 2 aromatic rings. The summed E-state index contributed by atoms with van der Waals surface area (Å²) in [6, 6.07) is 7.13. The zero-order valence-electron chi connectivity index (χ0n) is 13.5. The number of hydrogen-bond acceptors (Lipinski definition) is 6. The molecule has 0 aliphatic carbocycles. The van der Waals surface area contributed by atoms with E-state index in [4.69, 9.17) is 0 Å². The SMILES string of the molecule is Cc1ccsc1CN1C[C@@H](O)[C@](O)(CNC(=O)c2ccccn2)C1. The maximum absolute atomic E-state index is 12.1. The molecule has 0 spiro atoms. The summed E-state index contributed by atoms with van der Waals surface area (Å²) in [5.74, 6) is -0.358. The molecule has 2 atom stereocenters. The number of thiophene rings is 1. The number of aryl methyl sites for hydroxylation is 1. The standard InChI is InChI=1S/C17H21N3O3S/c1-12-5-7-24-14(12)8-20-9-15(21)17(23,11-20)10-19-16(22)13-4-2-3-6-18-13/h2-7,15,21,23H,8-11H2,1H3,(H,19,22)/t15-,17+/m1/s1. The van der Waals surface area contributed by atoms with Crippen molar-refractivity contribution in [2.45, 2.75) is 25.2 Å². The Morgan fingerprint density at radius 1 is 1.50 bits per heavy atom. The number of aliphatic hydroxyl groups excluding tert-OH is 1. The highest BCUT2D eigenvalue weighted by atomic mass is 32.1. The van der Waals surface area contributed by atoms with Gasteiger partial charge in [-0.15, -0.1) is 11.3 Å². The zero-order chi connectivity index (χ0) is 17.2. The van der Waals surface area contributed by atoms with Crippen LogP contribution in [0.2, 0.25) is 0 Å². The summed E-state index contributed by atoms with van der Waals surface area (Å²) < 4.78 is 0. The molecule has 24 heavy (non-hydrogen) atoms. The van der Waals surface area contributed by atoms with Gasteiger partial charge in [-0.05, 0) is 36.1 Å². The average Bonchev–Trinajstić information content (AvgIpc) is 3.10.